The fourth-order valence-corrected chi connectivity index (χ4v) is 4.14. The van der Waals surface area contributed by atoms with Crippen LogP contribution in [-0.4, -0.2) is 141 Å². The van der Waals surface area contributed by atoms with E-state index in [0.717, 1.165) is 52.4 Å². The minimum absolute atomic E-state index is 0. The SMILES string of the molecule is CC(=O)c1ccc(OCC(O)CN2CCN(C)CC2)cc1OCC(O)CN1CCN(C)CC1.Cl.Cl.Cl.Cl. The highest BCUT2D eigenvalue weighted by Gasteiger charge is 2.20. The summed E-state index contributed by atoms with van der Waals surface area (Å²) in [4.78, 5) is 21.0. The molecule has 2 aliphatic heterocycles. The molecule has 218 valence electrons. The predicted octanol–water partition coefficient (Wildman–Crippen LogP) is 1.55. The van der Waals surface area contributed by atoms with Crippen molar-refractivity contribution in [3.8, 4) is 11.5 Å². The second-order valence-corrected chi connectivity index (χ2v) is 9.35. The molecular weight excluding hydrogens is 566 g/mol. The number of β-amino-alcohol motifs (C(OH)–C–C–N with tert-alkyl or cyclic N) is 2. The number of aliphatic hydroxyl groups excluding tert-OH is 2. The van der Waals surface area contributed by atoms with Crippen LogP contribution in [-0.2, 0) is 0 Å². The first kappa shape index (κ1) is 38.6. The maximum absolute atomic E-state index is 12.0. The van der Waals surface area contributed by atoms with Crippen molar-refractivity contribution in [2.45, 2.75) is 19.1 Å². The molecule has 37 heavy (non-hydrogen) atoms. The molecule has 1 aromatic rings. The maximum Gasteiger partial charge on any atom is 0.163 e. The Morgan fingerprint density at radius 2 is 1.22 bits per heavy atom. The summed E-state index contributed by atoms with van der Waals surface area (Å²) in [6, 6.07) is 5.06. The van der Waals surface area contributed by atoms with Crippen LogP contribution < -0.4 is 9.47 Å². The van der Waals surface area contributed by atoms with Gasteiger partial charge in [-0.1, -0.05) is 0 Å². The predicted molar refractivity (Wildman–Crippen MR) is 156 cm³/mol. The fourth-order valence-electron chi connectivity index (χ4n) is 4.14. The van der Waals surface area contributed by atoms with Gasteiger partial charge in [-0.05, 0) is 33.2 Å². The van der Waals surface area contributed by atoms with Gasteiger partial charge in [-0.15, -0.1) is 49.6 Å². The first-order valence-electron chi connectivity index (χ1n) is 11.9. The van der Waals surface area contributed by atoms with Gasteiger partial charge in [0.05, 0.1) is 5.56 Å². The monoisotopic (exact) mass is 608 g/mol. The van der Waals surface area contributed by atoms with Gasteiger partial charge in [0.15, 0.2) is 5.78 Å². The van der Waals surface area contributed by atoms with Crippen molar-refractivity contribution < 1.29 is 24.5 Å². The fraction of sp³-hybridized carbons (Fsp3) is 0.708. The Kier molecular flexibility index (Phi) is 20.3. The van der Waals surface area contributed by atoms with Crippen LogP contribution in [0.5, 0.6) is 11.5 Å². The second-order valence-electron chi connectivity index (χ2n) is 9.35. The maximum atomic E-state index is 12.0. The topological polar surface area (TPSA) is 89.0 Å². The standard InChI is InChI=1S/C24H40N4O5.4ClH/c1-19(29)23-5-4-22(32-17-20(30)15-27-10-6-25(2)7-11-27)14-24(23)33-18-21(31)16-28-12-8-26(3)9-13-28;;;;/h4-5,14,20-21,30-31H,6-13,15-18H2,1-3H3;4*1H. The van der Waals surface area contributed by atoms with Crippen molar-refractivity contribution in [2.75, 3.05) is 92.8 Å². The van der Waals surface area contributed by atoms with E-state index in [-0.39, 0.29) is 68.6 Å². The molecule has 0 aliphatic carbocycles. The van der Waals surface area contributed by atoms with Crippen LogP contribution in [0.25, 0.3) is 0 Å². The molecule has 9 nitrogen and oxygen atoms in total. The molecule has 2 N–H and O–H groups in total. The minimum Gasteiger partial charge on any atom is -0.491 e. The zero-order valence-electron chi connectivity index (χ0n) is 21.9. The summed E-state index contributed by atoms with van der Waals surface area (Å²) in [6.07, 6.45) is -1.25. The summed E-state index contributed by atoms with van der Waals surface area (Å²) in [5.41, 5.74) is 0.451. The van der Waals surface area contributed by atoms with Gasteiger partial charge in [0, 0.05) is 71.5 Å². The van der Waals surface area contributed by atoms with Gasteiger partial charge in [0.1, 0.15) is 36.9 Å². The van der Waals surface area contributed by atoms with Crippen LogP contribution in [0.1, 0.15) is 17.3 Å². The van der Waals surface area contributed by atoms with Crippen LogP contribution >= 0.6 is 49.6 Å². The van der Waals surface area contributed by atoms with Crippen molar-refractivity contribution in [2.24, 2.45) is 0 Å². The average molecular weight is 610 g/mol. The van der Waals surface area contributed by atoms with E-state index in [0.29, 0.717) is 30.2 Å². The molecule has 2 unspecified atom stereocenters. The van der Waals surface area contributed by atoms with Gasteiger partial charge in [-0.2, -0.15) is 0 Å². The molecule has 0 radical (unpaired) electrons. The van der Waals surface area contributed by atoms with Gasteiger partial charge >= 0.3 is 0 Å². The average Bonchev–Trinajstić information content (AvgIpc) is 2.79. The number of piperazine rings is 2. The van der Waals surface area contributed by atoms with Crippen LogP contribution in [0.15, 0.2) is 18.2 Å². The van der Waals surface area contributed by atoms with Gasteiger partial charge < -0.3 is 29.5 Å². The summed E-state index contributed by atoms with van der Waals surface area (Å²) in [5, 5.41) is 20.8. The van der Waals surface area contributed by atoms with Crippen molar-refractivity contribution in [1.29, 1.82) is 0 Å². The number of rotatable bonds is 11. The summed E-state index contributed by atoms with van der Waals surface area (Å²) < 4.78 is 11.6. The third kappa shape index (κ3) is 13.4. The molecule has 0 bridgehead atoms. The Hall–Kier alpha value is -0.590. The Labute approximate surface area is 246 Å². The van der Waals surface area contributed by atoms with Gasteiger partial charge in [0.2, 0.25) is 0 Å². The zero-order chi connectivity index (χ0) is 23.8. The van der Waals surface area contributed by atoms with E-state index in [4.69, 9.17) is 9.47 Å². The molecule has 3 rings (SSSR count). The van der Waals surface area contributed by atoms with Gasteiger partial charge in [-0.3, -0.25) is 14.6 Å². The lowest BCUT2D eigenvalue weighted by atomic mass is 10.1. The van der Waals surface area contributed by atoms with Crippen LogP contribution in [0.4, 0.5) is 0 Å². The third-order valence-electron chi connectivity index (χ3n) is 6.34. The van der Waals surface area contributed by atoms with Gasteiger partial charge in [-0.25, -0.2) is 0 Å². The largest absolute Gasteiger partial charge is 0.491 e. The lowest BCUT2D eigenvalue weighted by molar-refractivity contribution is 0.0483. The number of nitrogens with zero attached hydrogens (tertiary/aromatic N) is 4. The second kappa shape index (κ2) is 19.5. The highest BCUT2D eigenvalue weighted by molar-refractivity contribution is 5.97. The molecule has 2 atom stereocenters. The minimum atomic E-state index is -0.650. The van der Waals surface area contributed by atoms with E-state index >= 15 is 0 Å². The molecule has 0 spiro atoms. The molecule has 0 amide bonds. The molecule has 0 aromatic heterocycles. The van der Waals surface area contributed by atoms with Gasteiger partial charge in [0.25, 0.3) is 0 Å². The number of benzene rings is 1. The molecule has 2 fully saturated rings. The Balaban J connectivity index is 0. The number of likely N-dealkylation sites (N-methyl/N-ethyl adjacent to an activating group) is 2. The first-order valence-corrected chi connectivity index (χ1v) is 11.9. The van der Waals surface area contributed by atoms with E-state index in [1.165, 1.54) is 6.92 Å². The van der Waals surface area contributed by atoms with Crippen LogP contribution in [0, 0.1) is 0 Å². The Bertz CT molecular complexity index is 767. The van der Waals surface area contributed by atoms with Crippen LogP contribution in [0.3, 0.4) is 0 Å². The number of ether oxygens (including phenoxy) is 2. The normalized spacial score (nSPS) is 18.7. The molecule has 2 aliphatic rings. The quantitative estimate of drug-likeness (QED) is 0.363. The zero-order valence-corrected chi connectivity index (χ0v) is 25.2. The molecular formula is C24H44Cl4N4O5. The molecule has 2 heterocycles. The number of hydrogen-bond acceptors (Lipinski definition) is 9. The van der Waals surface area contributed by atoms with E-state index in [2.05, 4.69) is 33.7 Å². The Morgan fingerprint density at radius 1 is 0.784 bits per heavy atom. The van der Waals surface area contributed by atoms with Crippen molar-refractivity contribution >= 4 is 55.4 Å². The first-order chi connectivity index (χ1) is 15.8. The summed E-state index contributed by atoms with van der Waals surface area (Å²) in [5.74, 6) is 0.812. The lowest BCUT2D eigenvalue weighted by Crippen LogP contribution is -2.47. The summed E-state index contributed by atoms with van der Waals surface area (Å²) >= 11 is 0. The highest BCUT2D eigenvalue weighted by atomic mass is 35.5. The summed E-state index contributed by atoms with van der Waals surface area (Å²) in [6.45, 7) is 10.6. The van der Waals surface area contributed by atoms with Crippen molar-refractivity contribution in [1.82, 2.24) is 19.6 Å². The number of halogens is 4. The smallest absolute Gasteiger partial charge is 0.163 e. The van der Waals surface area contributed by atoms with Crippen LogP contribution in [0.2, 0.25) is 0 Å². The lowest BCUT2D eigenvalue weighted by Gasteiger charge is -2.33. The highest BCUT2D eigenvalue weighted by Crippen LogP contribution is 2.26. The van der Waals surface area contributed by atoms with Crippen molar-refractivity contribution in [3.63, 3.8) is 0 Å². The van der Waals surface area contributed by atoms with E-state index in [9.17, 15) is 15.0 Å². The number of carbonyl (C=O) groups is 1. The number of aliphatic hydroxyl groups is 2. The third-order valence-corrected chi connectivity index (χ3v) is 6.34. The molecule has 0 saturated carbocycles. The van der Waals surface area contributed by atoms with E-state index < -0.39 is 12.2 Å². The molecule has 1 aromatic carbocycles. The Morgan fingerprint density at radius 3 is 1.65 bits per heavy atom. The van der Waals surface area contributed by atoms with E-state index in [1.807, 2.05) is 0 Å². The molecule has 2 saturated heterocycles. The number of hydrogen-bond donors (Lipinski definition) is 2. The number of carbonyl (C=O) groups excluding carboxylic acids is 1. The van der Waals surface area contributed by atoms with Crippen molar-refractivity contribution in [3.05, 3.63) is 23.8 Å². The molecule has 13 heteroatoms. The summed E-state index contributed by atoms with van der Waals surface area (Å²) in [7, 11) is 4.20. The number of Topliss-reactive ketones (excluding diaryl/α,β-unsaturated/α-hetero) is 1. The van der Waals surface area contributed by atoms with E-state index in [1.54, 1.807) is 18.2 Å². The number of ketones is 1.